The Morgan fingerprint density at radius 2 is 2.06 bits per heavy atom. The second-order valence-corrected chi connectivity index (χ2v) is 5.28. The number of hydrogen-bond donors (Lipinski definition) is 1. The molecule has 1 heterocycles. The highest BCUT2D eigenvalue weighted by atomic mass is 16.5. The molecule has 0 aliphatic heterocycles. The molecule has 5 heteroatoms. The quantitative estimate of drug-likeness (QED) is 0.833. The van der Waals surface area contributed by atoms with Crippen molar-refractivity contribution < 1.29 is 4.74 Å². The lowest BCUT2D eigenvalue weighted by molar-refractivity contribution is 0.323. The average Bonchev–Trinajstić information content (AvgIpc) is 2.31. The maximum absolute atomic E-state index is 5.76. The van der Waals surface area contributed by atoms with Gasteiger partial charge in [0, 0.05) is 13.6 Å². The minimum atomic E-state index is 0.0535. The van der Waals surface area contributed by atoms with E-state index in [2.05, 4.69) is 28.7 Å². The molecule has 0 atom stereocenters. The number of nitrogens with two attached hydrogens (primary N) is 1. The molecule has 5 nitrogen and oxygen atoms in total. The highest BCUT2D eigenvalue weighted by molar-refractivity contribution is 5.49. The lowest BCUT2D eigenvalue weighted by atomic mass is 9.93. The predicted molar refractivity (Wildman–Crippen MR) is 74.0 cm³/mol. The predicted octanol–water partition coefficient (Wildman–Crippen LogP) is 1.60. The first kappa shape index (κ1) is 14.7. The van der Waals surface area contributed by atoms with E-state index in [-0.39, 0.29) is 5.41 Å². The molecule has 0 aliphatic carbocycles. The summed E-state index contributed by atoms with van der Waals surface area (Å²) in [7, 11) is 2.02. The Labute approximate surface area is 109 Å². The molecule has 0 aliphatic rings. The molecule has 18 heavy (non-hydrogen) atoms. The Morgan fingerprint density at radius 3 is 2.61 bits per heavy atom. The molecular weight excluding hydrogens is 228 g/mol. The van der Waals surface area contributed by atoms with Crippen LogP contribution in [0, 0.1) is 12.3 Å². The van der Waals surface area contributed by atoms with E-state index in [9.17, 15) is 0 Å². The number of hydrogen-bond acceptors (Lipinski definition) is 5. The van der Waals surface area contributed by atoms with Gasteiger partial charge in [-0.25, -0.2) is 9.97 Å². The number of anilines is 1. The molecular formula is C13H24N4O. The van der Waals surface area contributed by atoms with E-state index >= 15 is 0 Å². The fourth-order valence-electron chi connectivity index (χ4n) is 1.87. The van der Waals surface area contributed by atoms with Gasteiger partial charge in [-0.1, -0.05) is 13.8 Å². The summed E-state index contributed by atoms with van der Waals surface area (Å²) in [4.78, 5) is 10.6. The molecule has 0 saturated heterocycles. The Bertz CT molecular complexity index is 393. The van der Waals surface area contributed by atoms with Crippen LogP contribution in [0.5, 0.6) is 5.88 Å². The topological polar surface area (TPSA) is 64.3 Å². The molecule has 0 fully saturated rings. The summed E-state index contributed by atoms with van der Waals surface area (Å²) in [6.45, 7) is 10.3. The first-order valence-corrected chi connectivity index (χ1v) is 6.27. The first-order chi connectivity index (χ1) is 8.41. The maximum Gasteiger partial charge on any atom is 0.221 e. The van der Waals surface area contributed by atoms with E-state index in [1.54, 1.807) is 6.33 Å². The summed E-state index contributed by atoms with van der Waals surface area (Å²) in [6, 6.07) is 0. The van der Waals surface area contributed by atoms with Crippen molar-refractivity contribution in [1.82, 2.24) is 9.97 Å². The van der Waals surface area contributed by atoms with Crippen molar-refractivity contribution in [3.63, 3.8) is 0 Å². The fraction of sp³-hybridized carbons (Fsp3) is 0.692. The van der Waals surface area contributed by atoms with Crippen LogP contribution in [0.2, 0.25) is 0 Å². The third-order valence-corrected chi connectivity index (χ3v) is 2.87. The van der Waals surface area contributed by atoms with Gasteiger partial charge in [0.2, 0.25) is 5.88 Å². The molecule has 2 N–H and O–H groups in total. The second kappa shape index (κ2) is 6.00. The summed E-state index contributed by atoms with van der Waals surface area (Å²) in [5.74, 6) is 1.55. The smallest absolute Gasteiger partial charge is 0.221 e. The lowest BCUT2D eigenvalue weighted by Crippen LogP contribution is -2.37. The Balaban J connectivity index is 2.92. The van der Waals surface area contributed by atoms with E-state index in [0.29, 0.717) is 19.0 Å². The van der Waals surface area contributed by atoms with Crippen molar-refractivity contribution in [1.29, 1.82) is 0 Å². The van der Waals surface area contributed by atoms with Crippen molar-refractivity contribution in [2.24, 2.45) is 11.1 Å². The third kappa shape index (κ3) is 3.57. The zero-order chi connectivity index (χ0) is 13.8. The molecule has 102 valence electrons. The van der Waals surface area contributed by atoms with E-state index in [4.69, 9.17) is 10.5 Å². The molecule has 1 aromatic rings. The Morgan fingerprint density at radius 1 is 1.39 bits per heavy atom. The molecule has 1 rings (SSSR count). The summed E-state index contributed by atoms with van der Waals surface area (Å²) >= 11 is 0. The summed E-state index contributed by atoms with van der Waals surface area (Å²) in [5, 5.41) is 0. The van der Waals surface area contributed by atoms with Gasteiger partial charge in [-0.2, -0.15) is 0 Å². The van der Waals surface area contributed by atoms with Gasteiger partial charge >= 0.3 is 0 Å². The van der Waals surface area contributed by atoms with Crippen LogP contribution in [0.15, 0.2) is 6.33 Å². The van der Waals surface area contributed by atoms with Gasteiger partial charge in [-0.15, -0.1) is 0 Å². The molecule has 1 aromatic heterocycles. The largest absolute Gasteiger partial charge is 0.478 e. The van der Waals surface area contributed by atoms with Crippen LogP contribution in [0.1, 0.15) is 26.3 Å². The minimum absolute atomic E-state index is 0.0535. The van der Waals surface area contributed by atoms with Gasteiger partial charge in [0.25, 0.3) is 0 Å². The zero-order valence-corrected chi connectivity index (χ0v) is 12.0. The highest BCUT2D eigenvalue weighted by Crippen LogP contribution is 2.25. The van der Waals surface area contributed by atoms with Crippen molar-refractivity contribution in [3.05, 3.63) is 11.9 Å². The zero-order valence-electron chi connectivity index (χ0n) is 12.0. The Kier molecular flexibility index (Phi) is 4.90. The van der Waals surface area contributed by atoms with E-state index in [0.717, 1.165) is 17.9 Å². The van der Waals surface area contributed by atoms with Crippen molar-refractivity contribution in [3.8, 4) is 5.88 Å². The minimum Gasteiger partial charge on any atom is -0.478 e. The van der Waals surface area contributed by atoms with Gasteiger partial charge in [0.05, 0.1) is 12.2 Å². The summed E-state index contributed by atoms with van der Waals surface area (Å²) in [6.07, 6.45) is 1.54. The van der Waals surface area contributed by atoms with Gasteiger partial charge in [0.15, 0.2) is 0 Å². The molecule has 0 spiro atoms. The summed E-state index contributed by atoms with van der Waals surface area (Å²) in [5.41, 5.74) is 6.78. The highest BCUT2D eigenvalue weighted by Gasteiger charge is 2.21. The second-order valence-electron chi connectivity index (χ2n) is 5.28. The van der Waals surface area contributed by atoms with Gasteiger partial charge in [0.1, 0.15) is 12.1 Å². The van der Waals surface area contributed by atoms with Crippen molar-refractivity contribution >= 4 is 5.82 Å². The van der Waals surface area contributed by atoms with E-state index < -0.39 is 0 Å². The van der Waals surface area contributed by atoms with Crippen LogP contribution in [-0.2, 0) is 0 Å². The van der Waals surface area contributed by atoms with Crippen LogP contribution in [-0.4, -0.2) is 36.7 Å². The number of nitrogens with zero attached hydrogens (tertiary/aromatic N) is 3. The Hall–Kier alpha value is -1.36. The summed E-state index contributed by atoms with van der Waals surface area (Å²) < 4.78 is 5.48. The lowest BCUT2D eigenvalue weighted by Gasteiger charge is -2.30. The van der Waals surface area contributed by atoms with Crippen LogP contribution < -0.4 is 15.4 Å². The monoisotopic (exact) mass is 252 g/mol. The van der Waals surface area contributed by atoms with Crippen LogP contribution in [0.3, 0.4) is 0 Å². The van der Waals surface area contributed by atoms with Crippen LogP contribution in [0.4, 0.5) is 5.82 Å². The molecule has 0 saturated carbocycles. The SMILES string of the molecule is CCOc1ncnc(N(C)CC(C)(C)CN)c1C. The molecule has 0 amide bonds. The van der Waals surface area contributed by atoms with Crippen LogP contribution >= 0.6 is 0 Å². The maximum atomic E-state index is 5.76. The van der Waals surface area contributed by atoms with E-state index in [1.165, 1.54) is 0 Å². The number of aromatic nitrogens is 2. The fourth-order valence-corrected chi connectivity index (χ4v) is 1.87. The van der Waals surface area contributed by atoms with Crippen molar-refractivity contribution in [2.75, 3.05) is 31.6 Å². The van der Waals surface area contributed by atoms with Gasteiger partial charge in [-0.3, -0.25) is 0 Å². The van der Waals surface area contributed by atoms with Gasteiger partial charge < -0.3 is 15.4 Å². The van der Waals surface area contributed by atoms with E-state index in [1.807, 2.05) is 20.9 Å². The standard InChI is InChI=1S/C13H24N4O/c1-6-18-12-10(2)11(15-9-16-12)17(5)8-13(3,4)7-14/h9H,6-8,14H2,1-5H3. The molecule has 0 radical (unpaired) electrons. The molecule has 0 bridgehead atoms. The number of rotatable bonds is 6. The average molecular weight is 252 g/mol. The normalized spacial score (nSPS) is 11.4. The third-order valence-electron chi connectivity index (χ3n) is 2.87. The molecule has 0 aromatic carbocycles. The van der Waals surface area contributed by atoms with Crippen LogP contribution in [0.25, 0.3) is 0 Å². The number of ether oxygens (including phenoxy) is 1. The molecule has 0 unspecified atom stereocenters. The first-order valence-electron chi connectivity index (χ1n) is 6.27. The van der Waals surface area contributed by atoms with Crippen molar-refractivity contribution in [2.45, 2.75) is 27.7 Å². The van der Waals surface area contributed by atoms with Gasteiger partial charge in [-0.05, 0) is 25.8 Å².